The average Bonchev–Trinajstić information content (AvgIpc) is 3.18. The number of alkyl halides is 6. The molecule has 0 bridgehead atoms. The van der Waals surface area contributed by atoms with Crippen LogP contribution in [0.2, 0.25) is 0 Å². The molecule has 1 aliphatic heterocycles. The van der Waals surface area contributed by atoms with Crippen LogP contribution in [-0.4, -0.2) is 47.0 Å². The van der Waals surface area contributed by atoms with Gasteiger partial charge in [0, 0.05) is 29.6 Å². The first-order valence-electron chi connectivity index (χ1n) is 10.9. The summed E-state index contributed by atoms with van der Waals surface area (Å²) in [5.41, 5.74) is -1.55. The Hall–Kier alpha value is -3.68. The molecule has 1 atom stereocenters. The molecule has 14 heteroatoms. The SMILES string of the molecule is COC(=O)[C@@]1(C)CCCN1NC(=O)CC(=O)Nc1ccc(C(F)(F)F)cc1-c1ccc(C(F)(F)F)nc1. The molecule has 1 saturated heterocycles. The van der Waals surface area contributed by atoms with E-state index in [9.17, 15) is 40.7 Å². The number of nitrogens with one attached hydrogen (secondary N) is 2. The molecule has 3 rings (SSSR count). The second-order valence-corrected chi connectivity index (χ2v) is 8.47. The minimum Gasteiger partial charge on any atom is -0.468 e. The highest BCUT2D eigenvalue weighted by molar-refractivity contribution is 6.05. The van der Waals surface area contributed by atoms with E-state index in [4.69, 9.17) is 4.74 Å². The van der Waals surface area contributed by atoms with Gasteiger partial charge >= 0.3 is 18.3 Å². The predicted octanol–water partition coefficient (Wildman–Crippen LogP) is 4.17. The largest absolute Gasteiger partial charge is 0.468 e. The molecule has 8 nitrogen and oxygen atoms in total. The second kappa shape index (κ2) is 10.4. The number of hydrazine groups is 1. The molecule has 1 aromatic carbocycles. The van der Waals surface area contributed by atoms with Gasteiger partial charge in [0.2, 0.25) is 11.8 Å². The number of halogens is 6. The number of pyridine rings is 1. The van der Waals surface area contributed by atoms with Crippen LogP contribution >= 0.6 is 0 Å². The molecule has 1 fully saturated rings. The van der Waals surface area contributed by atoms with Crippen molar-refractivity contribution in [2.75, 3.05) is 19.0 Å². The number of hydrogen-bond donors (Lipinski definition) is 2. The topological polar surface area (TPSA) is 101 Å². The summed E-state index contributed by atoms with van der Waals surface area (Å²) >= 11 is 0. The molecule has 1 aliphatic rings. The summed E-state index contributed by atoms with van der Waals surface area (Å²) in [7, 11) is 1.20. The van der Waals surface area contributed by atoms with Crippen molar-refractivity contribution in [2.45, 2.75) is 44.1 Å². The minimum absolute atomic E-state index is 0.121. The molecule has 200 valence electrons. The quantitative estimate of drug-likeness (QED) is 0.329. The number of anilines is 1. The Balaban J connectivity index is 1.80. The number of methoxy groups -OCH3 is 1. The molecule has 0 saturated carbocycles. The van der Waals surface area contributed by atoms with E-state index < -0.39 is 53.4 Å². The van der Waals surface area contributed by atoms with Gasteiger partial charge in [0.05, 0.1) is 12.7 Å². The lowest BCUT2D eigenvalue weighted by Gasteiger charge is -2.32. The Bertz CT molecular complexity index is 1180. The van der Waals surface area contributed by atoms with Crippen LogP contribution in [-0.2, 0) is 31.5 Å². The molecule has 0 spiro atoms. The monoisotopic (exact) mass is 532 g/mol. The zero-order valence-electron chi connectivity index (χ0n) is 19.6. The number of nitrogens with zero attached hydrogens (tertiary/aromatic N) is 2. The zero-order valence-corrected chi connectivity index (χ0v) is 19.6. The molecule has 2 aromatic rings. The molecule has 0 radical (unpaired) electrons. The van der Waals surface area contributed by atoms with Crippen molar-refractivity contribution in [2.24, 2.45) is 0 Å². The fraction of sp³-hybridized carbons (Fsp3) is 0.391. The Morgan fingerprint density at radius 2 is 1.76 bits per heavy atom. The van der Waals surface area contributed by atoms with E-state index >= 15 is 0 Å². The maximum atomic E-state index is 13.3. The van der Waals surface area contributed by atoms with Crippen molar-refractivity contribution in [3.8, 4) is 11.1 Å². The maximum absolute atomic E-state index is 13.3. The number of carbonyl (C=O) groups is 3. The van der Waals surface area contributed by atoms with Crippen LogP contribution in [0.4, 0.5) is 32.0 Å². The lowest BCUT2D eigenvalue weighted by atomic mass is 10.0. The van der Waals surface area contributed by atoms with E-state index in [1.54, 1.807) is 6.92 Å². The fourth-order valence-corrected chi connectivity index (χ4v) is 3.89. The van der Waals surface area contributed by atoms with Gasteiger partial charge in [0.15, 0.2) is 0 Å². The van der Waals surface area contributed by atoms with Gasteiger partial charge in [0.1, 0.15) is 17.7 Å². The maximum Gasteiger partial charge on any atom is 0.433 e. The number of rotatable bonds is 6. The summed E-state index contributed by atoms with van der Waals surface area (Å²) in [4.78, 5) is 40.3. The minimum atomic E-state index is -4.77. The molecule has 2 N–H and O–H groups in total. The summed E-state index contributed by atoms with van der Waals surface area (Å²) in [6.07, 6.45) is -8.55. The Kier molecular flexibility index (Phi) is 7.81. The first-order valence-corrected chi connectivity index (χ1v) is 10.9. The lowest BCUT2D eigenvalue weighted by Crippen LogP contribution is -2.56. The van der Waals surface area contributed by atoms with Gasteiger partial charge in [-0.3, -0.25) is 20.0 Å². The number of ether oxygens (including phenoxy) is 1. The van der Waals surface area contributed by atoms with Gasteiger partial charge in [-0.25, -0.2) is 9.80 Å². The second-order valence-electron chi connectivity index (χ2n) is 8.47. The van der Waals surface area contributed by atoms with E-state index in [2.05, 4.69) is 15.7 Å². The number of esters is 1. The van der Waals surface area contributed by atoms with Crippen molar-refractivity contribution < 1.29 is 45.5 Å². The zero-order chi connectivity index (χ0) is 27.6. The van der Waals surface area contributed by atoms with Crippen molar-refractivity contribution in [3.05, 3.63) is 47.8 Å². The van der Waals surface area contributed by atoms with Crippen LogP contribution in [0.25, 0.3) is 11.1 Å². The molecule has 37 heavy (non-hydrogen) atoms. The average molecular weight is 532 g/mol. The van der Waals surface area contributed by atoms with E-state index in [0.29, 0.717) is 37.6 Å². The third-order valence-corrected chi connectivity index (χ3v) is 5.83. The van der Waals surface area contributed by atoms with E-state index in [1.165, 1.54) is 12.1 Å². The van der Waals surface area contributed by atoms with Gasteiger partial charge in [-0.1, -0.05) is 6.07 Å². The fourth-order valence-electron chi connectivity index (χ4n) is 3.89. The van der Waals surface area contributed by atoms with E-state index in [0.717, 1.165) is 18.3 Å². The van der Waals surface area contributed by atoms with Gasteiger partial charge in [-0.05, 0) is 44.0 Å². The summed E-state index contributed by atoms with van der Waals surface area (Å²) in [6.45, 7) is 1.89. The van der Waals surface area contributed by atoms with Gasteiger partial charge in [-0.15, -0.1) is 0 Å². The Morgan fingerprint density at radius 1 is 1.05 bits per heavy atom. The Labute approximate surface area is 207 Å². The molecule has 0 unspecified atom stereocenters. The third kappa shape index (κ3) is 6.37. The van der Waals surface area contributed by atoms with Crippen LogP contribution in [0.1, 0.15) is 37.4 Å². The normalized spacial score (nSPS) is 18.4. The first kappa shape index (κ1) is 27.9. The van der Waals surface area contributed by atoms with Crippen LogP contribution in [0.5, 0.6) is 0 Å². The predicted molar refractivity (Wildman–Crippen MR) is 117 cm³/mol. The third-order valence-electron chi connectivity index (χ3n) is 5.83. The Morgan fingerprint density at radius 3 is 2.32 bits per heavy atom. The molecule has 1 aromatic heterocycles. The van der Waals surface area contributed by atoms with Crippen LogP contribution in [0.3, 0.4) is 0 Å². The highest BCUT2D eigenvalue weighted by Crippen LogP contribution is 2.37. The van der Waals surface area contributed by atoms with Gasteiger partial charge in [-0.2, -0.15) is 26.3 Å². The molecule has 2 amide bonds. The standard InChI is InChI=1S/C23H22F6N4O4/c1-21(20(36)37-2)8-3-9-33(21)32-19(35)11-18(34)31-16-6-5-14(22(24,25)26)10-15(16)13-4-7-17(30-12-13)23(27,28)29/h4-7,10,12H,3,8-9,11H2,1-2H3,(H,31,34)(H,32,35)/t21-/m1/s1. The first-order chi connectivity index (χ1) is 17.1. The molecular weight excluding hydrogens is 510 g/mol. The highest BCUT2D eigenvalue weighted by atomic mass is 19.4. The van der Waals surface area contributed by atoms with Gasteiger partial charge < -0.3 is 10.1 Å². The molecule has 0 aliphatic carbocycles. The van der Waals surface area contributed by atoms with Crippen LogP contribution in [0, 0.1) is 0 Å². The smallest absolute Gasteiger partial charge is 0.433 e. The van der Waals surface area contributed by atoms with Gasteiger partial charge in [0.25, 0.3) is 0 Å². The van der Waals surface area contributed by atoms with Crippen molar-refractivity contribution in [1.82, 2.24) is 15.4 Å². The summed E-state index contributed by atoms with van der Waals surface area (Å²) < 4.78 is 83.1. The van der Waals surface area contributed by atoms with E-state index in [-0.39, 0.29) is 16.8 Å². The van der Waals surface area contributed by atoms with Crippen LogP contribution in [0.15, 0.2) is 36.5 Å². The van der Waals surface area contributed by atoms with E-state index in [1.807, 2.05) is 0 Å². The molecular formula is C23H22F6N4O4. The highest BCUT2D eigenvalue weighted by Gasteiger charge is 2.45. The summed E-state index contributed by atoms with van der Waals surface area (Å²) in [5, 5.41) is 3.67. The number of benzene rings is 1. The van der Waals surface area contributed by atoms with Crippen molar-refractivity contribution in [1.29, 1.82) is 0 Å². The summed E-state index contributed by atoms with van der Waals surface area (Å²) in [5.74, 6) is -2.27. The number of carbonyl (C=O) groups excluding carboxylic acids is 3. The molecule has 2 heterocycles. The van der Waals surface area contributed by atoms with Crippen molar-refractivity contribution >= 4 is 23.5 Å². The summed E-state index contributed by atoms with van der Waals surface area (Å²) in [6, 6.07) is 3.80. The number of hydrogen-bond acceptors (Lipinski definition) is 6. The number of aromatic nitrogens is 1. The van der Waals surface area contributed by atoms with Crippen LogP contribution < -0.4 is 10.7 Å². The van der Waals surface area contributed by atoms with Crippen molar-refractivity contribution in [3.63, 3.8) is 0 Å². The lowest BCUT2D eigenvalue weighted by molar-refractivity contribution is -0.155. The number of amides is 2.